The zero-order valence-corrected chi connectivity index (χ0v) is 11.8. The van der Waals surface area contributed by atoms with Crippen LogP contribution in [0.4, 0.5) is 0 Å². The van der Waals surface area contributed by atoms with E-state index in [0.717, 1.165) is 18.8 Å². The Labute approximate surface area is 108 Å². The summed E-state index contributed by atoms with van der Waals surface area (Å²) in [6, 6.07) is 0. The lowest BCUT2D eigenvalue weighted by molar-refractivity contribution is 0.0322. The van der Waals surface area contributed by atoms with Crippen molar-refractivity contribution in [3.8, 4) is 0 Å². The Morgan fingerprint density at radius 2 is 2.18 bits per heavy atom. The van der Waals surface area contributed by atoms with Crippen LogP contribution < -0.4 is 0 Å². The molecule has 96 valence electrons. The molecule has 0 N–H and O–H groups in total. The third-order valence-corrected chi connectivity index (χ3v) is 4.53. The molecule has 4 heteroatoms. The molecule has 0 saturated carbocycles. The fraction of sp³-hybridized carbons (Fsp3) is 0.769. The number of likely N-dealkylation sites (tertiary alicyclic amines) is 1. The smallest absolute Gasteiger partial charge is 0.107 e. The van der Waals surface area contributed by atoms with E-state index in [9.17, 15) is 0 Å². The zero-order chi connectivity index (χ0) is 12.3. The summed E-state index contributed by atoms with van der Waals surface area (Å²) >= 11 is 1.78. The van der Waals surface area contributed by atoms with Crippen LogP contribution in [-0.2, 0) is 11.3 Å². The minimum Gasteiger partial charge on any atom is -0.384 e. The molecular weight excluding hydrogens is 232 g/mol. The van der Waals surface area contributed by atoms with E-state index in [-0.39, 0.29) is 0 Å². The van der Waals surface area contributed by atoms with Gasteiger partial charge in [-0.1, -0.05) is 6.92 Å². The maximum atomic E-state index is 5.31. The molecule has 0 atom stereocenters. The molecule has 1 fully saturated rings. The van der Waals surface area contributed by atoms with E-state index in [1.807, 2.05) is 0 Å². The predicted octanol–water partition coefficient (Wildman–Crippen LogP) is 2.70. The van der Waals surface area contributed by atoms with E-state index < -0.39 is 0 Å². The lowest BCUT2D eigenvalue weighted by Crippen LogP contribution is -2.40. The second kappa shape index (κ2) is 5.46. The first kappa shape index (κ1) is 13.0. The Morgan fingerprint density at radius 1 is 1.47 bits per heavy atom. The Hall–Kier alpha value is -0.450. The first-order valence-electron chi connectivity index (χ1n) is 6.24. The molecule has 1 aliphatic rings. The zero-order valence-electron chi connectivity index (χ0n) is 11.0. The van der Waals surface area contributed by atoms with E-state index >= 15 is 0 Å². The highest BCUT2D eigenvalue weighted by Crippen LogP contribution is 2.31. The van der Waals surface area contributed by atoms with Gasteiger partial charge < -0.3 is 4.74 Å². The summed E-state index contributed by atoms with van der Waals surface area (Å²) in [5.74, 6) is 0. The van der Waals surface area contributed by atoms with Crippen LogP contribution in [0.25, 0.3) is 0 Å². The number of methoxy groups -OCH3 is 1. The highest BCUT2D eigenvalue weighted by Gasteiger charge is 2.30. The fourth-order valence-corrected chi connectivity index (χ4v) is 3.22. The van der Waals surface area contributed by atoms with Crippen LogP contribution >= 0.6 is 11.3 Å². The third-order valence-electron chi connectivity index (χ3n) is 3.58. The summed E-state index contributed by atoms with van der Waals surface area (Å²) in [4.78, 5) is 7.04. The van der Waals surface area contributed by atoms with Gasteiger partial charge in [0.1, 0.15) is 5.01 Å². The average Bonchev–Trinajstić information content (AvgIpc) is 2.68. The van der Waals surface area contributed by atoms with Gasteiger partial charge in [-0.3, -0.25) is 4.90 Å². The second-order valence-electron chi connectivity index (χ2n) is 5.40. The maximum absolute atomic E-state index is 5.31. The number of hydrogen-bond acceptors (Lipinski definition) is 4. The lowest BCUT2D eigenvalue weighted by atomic mass is 9.81. The molecule has 1 aromatic rings. The van der Waals surface area contributed by atoms with Gasteiger partial charge in [-0.2, -0.15) is 0 Å². The van der Waals surface area contributed by atoms with Crippen molar-refractivity contribution >= 4 is 11.3 Å². The SMILES string of the molecule is COCC1(C)CCN(Cc2nc(C)cs2)CC1. The Kier molecular flexibility index (Phi) is 4.17. The van der Waals surface area contributed by atoms with Crippen LogP contribution in [0.3, 0.4) is 0 Å². The number of thiazole rings is 1. The highest BCUT2D eigenvalue weighted by atomic mass is 32.1. The van der Waals surface area contributed by atoms with E-state index in [4.69, 9.17) is 4.74 Å². The molecule has 1 aliphatic heterocycles. The molecule has 0 unspecified atom stereocenters. The van der Waals surface area contributed by atoms with Crippen molar-refractivity contribution in [1.82, 2.24) is 9.88 Å². The van der Waals surface area contributed by atoms with Crippen LogP contribution in [0.1, 0.15) is 30.5 Å². The number of hydrogen-bond donors (Lipinski definition) is 0. The average molecular weight is 254 g/mol. The quantitative estimate of drug-likeness (QED) is 0.826. The van der Waals surface area contributed by atoms with Crippen molar-refractivity contribution in [2.24, 2.45) is 5.41 Å². The van der Waals surface area contributed by atoms with Crippen molar-refractivity contribution in [2.75, 3.05) is 26.8 Å². The number of aromatic nitrogens is 1. The van der Waals surface area contributed by atoms with E-state index in [1.54, 1.807) is 18.4 Å². The number of rotatable bonds is 4. The van der Waals surface area contributed by atoms with E-state index in [2.05, 4.69) is 29.1 Å². The predicted molar refractivity (Wildman–Crippen MR) is 71.3 cm³/mol. The van der Waals surface area contributed by atoms with Crippen LogP contribution in [0, 0.1) is 12.3 Å². The Balaban J connectivity index is 1.83. The molecule has 0 bridgehead atoms. The third kappa shape index (κ3) is 3.50. The summed E-state index contributed by atoms with van der Waals surface area (Å²) in [5, 5.41) is 3.38. The Morgan fingerprint density at radius 3 is 2.71 bits per heavy atom. The first-order chi connectivity index (χ1) is 8.11. The summed E-state index contributed by atoms with van der Waals surface area (Å²) in [6.07, 6.45) is 2.45. The van der Waals surface area contributed by atoms with Gasteiger partial charge in [-0.25, -0.2) is 4.98 Å². The molecule has 0 amide bonds. The summed E-state index contributed by atoms with van der Waals surface area (Å²) in [6.45, 7) is 8.63. The van der Waals surface area contributed by atoms with Crippen LogP contribution in [-0.4, -0.2) is 36.7 Å². The molecule has 0 aromatic carbocycles. The van der Waals surface area contributed by atoms with Gasteiger partial charge in [0.2, 0.25) is 0 Å². The van der Waals surface area contributed by atoms with Gasteiger partial charge in [0.15, 0.2) is 0 Å². The first-order valence-corrected chi connectivity index (χ1v) is 7.12. The van der Waals surface area contributed by atoms with Gasteiger partial charge in [-0.15, -0.1) is 11.3 Å². The number of piperidine rings is 1. The molecule has 1 saturated heterocycles. The molecule has 0 spiro atoms. The molecule has 3 nitrogen and oxygen atoms in total. The van der Waals surface area contributed by atoms with Crippen LogP contribution in [0.5, 0.6) is 0 Å². The van der Waals surface area contributed by atoms with Gasteiger partial charge >= 0.3 is 0 Å². The van der Waals surface area contributed by atoms with E-state index in [0.29, 0.717) is 5.41 Å². The second-order valence-corrected chi connectivity index (χ2v) is 6.35. The Bertz CT molecular complexity index is 356. The summed E-state index contributed by atoms with van der Waals surface area (Å²) in [5.41, 5.74) is 1.52. The molecule has 2 heterocycles. The van der Waals surface area contributed by atoms with Crippen LogP contribution in [0.2, 0.25) is 0 Å². The summed E-state index contributed by atoms with van der Waals surface area (Å²) < 4.78 is 5.31. The van der Waals surface area contributed by atoms with Crippen molar-refractivity contribution < 1.29 is 4.74 Å². The van der Waals surface area contributed by atoms with Gasteiger partial charge in [-0.05, 0) is 38.3 Å². The van der Waals surface area contributed by atoms with Crippen LogP contribution in [0.15, 0.2) is 5.38 Å². The van der Waals surface area contributed by atoms with Gasteiger partial charge in [0, 0.05) is 18.2 Å². The normalized spacial score (nSPS) is 20.6. The number of aryl methyl sites for hydroxylation is 1. The molecule has 0 aliphatic carbocycles. The largest absolute Gasteiger partial charge is 0.384 e. The van der Waals surface area contributed by atoms with Gasteiger partial charge in [0.25, 0.3) is 0 Å². The fourth-order valence-electron chi connectivity index (χ4n) is 2.41. The number of ether oxygens (including phenoxy) is 1. The molecule has 2 rings (SSSR count). The van der Waals surface area contributed by atoms with Gasteiger partial charge in [0.05, 0.1) is 13.2 Å². The van der Waals surface area contributed by atoms with Crippen molar-refractivity contribution in [2.45, 2.75) is 33.2 Å². The lowest BCUT2D eigenvalue weighted by Gasteiger charge is -2.38. The van der Waals surface area contributed by atoms with Crippen molar-refractivity contribution in [3.63, 3.8) is 0 Å². The van der Waals surface area contributed by atoms with E-state index in [1.165, 1.54) is 30.9 Å². The standard InChI is InChI=1S/C13H22N2OS/c1-11-9-17-12(14-11)8-15-6-4-13(2,5-7-15)10-16-3/h9H,4-8,10H2,1-3H3. The van der Waals surface area contributed by atoms with Crippen molar-refractivity contribution in [3.05, 3.63) is 16.1 Å². The molecule has 17 heavy (non-hydrogen) atoms. The molecule has 0 radical (unpaired) electrons. The number of nitrogens with zero attached hydrogens (tertiary/aromatic N) is 2. The monoisotopic (exact) mass is 254 g/mol. The highest BCUT2D eigenvalue weighted by molar-refractivity contribution is 7.09. The minimum atomic E-state index is 0.379. The minimum absolute atomic E-state index is 0.379. The molecular formula is C13H22N2OS. The molecule has 1 aromatic heterocycles. The maximum Gasteiger partial charge on any atom is 0.107 e. The van der Waals surface area contributed by atoms with Crippen molar-refractivity contribution in [1.29, 1.82) is 0 Å². The topological polar surface area (TPSA) is 25.4 Å². The summed E-state index contributed by atoms with van der Waals surface area (Å²) in [7, 11) is 1.80.